The molecular weight excluding hydrogens is 294 g/mol. The Balaban J connectivity index is 3.19. The number of benzene rings is 1. The van der Waals surface area contributed by atoms with Crippen molar-refractivity contribution in [3.05, 3.63) is 84.7 Å². The summed E-state index contributed by atoms with van der Waals surface area (Å²) in [6, 6.07) is 6.04. The fourth-order valence-corrected chi connectivity index (χ4v) is 2.35. The number of rotatable bonds is 8. The maximum Gasteiger partial charge on any atom is 0.123 e. The molecule has 0 amide bonds. The molecule has 1 rings (SSSR count). The summed E-state index contributed by atoms with van der Waals surface area (Å²) in [5.74, 6) is 0.168. The lowest BCUT2D eigenvalue weighted by molar-refractivity contribution is 0.435. The van der Waals surface area contributed by atoms with E-state index in [9.17, 15) is 5.11 Å². The standard InChI is InChI=1S/C22H29NO/c1-8-11-12-21(24)19(9-2)18-13-14-20(16(4)15-18)17(5)23-22(6,7)10-3/h8-9,11-15,23-24H,1-2,5,10H2,3-4,6-7H3/b12-11-,21-19-. The van der Waals surface area contributed by atoms with E-state index in [1.54, 1.807) is 24.3 Å². The molecule has 2 nitrogen and oxygen atoms in total. The van der Waals surface area contributed by atoms with Crippen LogP contribution in [0.15, 0.2) is 68.0 Å². The molecule has 0 heterocycles. The fourth-order valence-electron chi connectivity index (χ4n) is 2.35. The SMILES string of the molecule is C=C/C=C\C(O)=C(/C=C)c1ccc(C(=C)NC(C)(C)CC)c(C)c1. The van der Waals surface area contributed by atoms with Crippen LogP contribution in [0.1, 0.15) is 43.9 Å². The summed E-state index contributed by atoms with van der Waals surface area (Å²) in [5, 5.41) is 13.7. The molecule has 2 N–H and O–H groups in total. The van der Waals surface area contributed by atoms with Gasteiger partial charge in [0.05, 0.1) is 0 Å². The molecule has 0 fully saturated rings. The summed E-state index contributed by atoms with van der Waals surface area (Å²) < 4.78 is 0. The molecular formula is C22H29NO. The molecule has 0 aliphatic carbocycles. The lowest BCUT2D eigenvalue weighted by atomic mass is 9.95. The van der Waals surface area contributed by atoms with Crippen LogP contribution in [0, 0.1) is 6.92 Å². The minimum absolute atomic E-state index is 0.00211. The van der Waals surface area contributed by atoms with E-state index >= 15 is 0 Å². The fraction of sp³-hybridized carbons (Fsp3) is 0.273. The van der Waals surface area contributed by atoms with E-state index < -0.39 is 0 Å². The number of aryl methyl sites for hydroxylation is 1. The molecule has 0 aliphatic heterocycles. The van der Waals surface area contributed by atoms with Crippen LogP contribution in [-0.2, 0) is 0 Å². The van der Waals surface area contributed by atoms with Gasteiger partial charge in [0.1, 0.15) is 5.76 Å². The van der Waals surface area contributed by atoms with Crippen molar-refractivity contribution >= 4 is 11.3 Å². The highest BCUT2D eigenvalue weighted by atomic mass is 16.3. The minimum atomic E-state index is 0.00211. The molecule has 0 bridgehead atoms. The molecule has 0 saturated carbocycles. The van der Waals surface area contributed by atoms with Crippen molar-refractivity contribution in [1.29, 1.82) is 0 Å². The molecule has 0 spiro atoms. The predicted molar refractivity (Wildman–Crippen MR) is 107 cm³/mol. The van der Waals surface area contributed by atoms with Gasteiger partial charge < -0.3 is 10.4 Å². The van der Waals surface area contributed by atoms with Crippen LogP contribution in [0.2, 0.25) is 0 Å². The first-order valence-electron chi connectivity index (χ1n) is 8.19. The topological polar surface area (TPSA) is 32.3 Å². The molecule has 0 unspecified atom stereocenters. The zero-order valence-electron chi connectivity index (χ0n) is 15.3. The van der Waals surface area contributed by atoms with Gasteiger partial charge in [-0.2, -0.15) is 0 Å². The molecule has 0 atom stereocenters. The van der Waals surface area contributed by atoms with E-state index in [2.05, 4.69) is 45.8 Å². The van der Waals surface area contributed by atoms with Gasteiger partial charge in [0.15, 0.2) is 0 Å². The quantitative estimate of drug-likeness (QED) is 0.458. The lowest BCUT2D eigenvalue weighted by Crippen LogP contribution is -2.36. The molecule has 24 heavy (non-hydrogen) atoms. The van der Waals surface area contributed by atoms with Crippen molar-refractivity contribution in [2.24, 2.45) is 0 Å². The molecule has 1 aromatic carbocycles. The Morgan fingerprint density at radius 1 is 1.29 bits per heavy atom. The smallest absolute Gasteiger partial charge is 0.123 e. The van der Waals surface area contributed by atoms with Crippen molar-refractivity contribution < 1.29 is 5.11 Å². The van der Waals surface area contributed by atoms with Crippen molar-refractivity contribution in [3.63, 3.8) is 0 Å². The van der Waals surface area contributed by atoms with Gasteiger partial charge in [-0.05, 0) is 50.0 Å². The highest BCUT2D eigenvalue weighted by Crippen LogP contribution is 2.25. The zero-order valence-corrected chi connectivity index (χ0v) is 15.3. The first-order valence-corrected chi connectivity index (χ1v) is 8.19. The number of hydrogen-bond acceptors (Lipinski definition) is 2. The first kappa shape index (κ1) is 19.6. The van der Waals surface area contributed by atoms with E-state index in [-0.39, 0.29) is 11.3 Å². The molecule has 0 aromatic heterocycles. The highest BCUT2D eigenvalue weighted by molar-refractivity contribution is 5.78. The van der Waals surface area contributed by atoms with Gasteiger partial charge in [0.2, 0.25) is 0 Å². The number of allylic oxidation sites excluding steroid dienone is 5. The van der Waals surface area contributed by atoms with Crippen molar-refractivity contribution in [2.45, 2.75) is 39.7 Å². The minimum Gasteiger partial charge on any atom is -0.507 e. The average molecular weight is 323 g/mol. The number of aliphatic hydroxyl groups is 1. The number of aliphatic hydroxyl groups excluding tert-OH is 1. The second-order valence-electron chi connectivity index (χ2n) is 6.47. The van der Waals surface area contributed by atoms with E-state index in [0.29, 0.717) is 5.57 Å². The first-order chi connectivity index (χ1) is 11.3. The second kappa shape index (κ2) is 8.39. The van der Waals surface area contributed by atoms with E-state index in [1.165, 1.54) is 0 Å². The Morgan fingerprint density at radius 3 is 2.46 bits per heavy atom. The second-order valence-corrected chi connectivity index (χ2v) is 6.47. The molecule has 0 aliphatic rings. The molecule has 128 valence electrons. The lowest BCUT2D eigenvalue weighted by Gasteiger charge is -2.28. The Bertz CT molecular complexity index is 690. The van der Waals surface area contributed by atoms with Crippen LogP contribution in [0.25, 0.3) is 11.3 Å². The van der Waals surface area contributed by atoms with Gasteiger partial charge in [-0.25, -0.2) is 0 Å². The maximum atomic E-state index is 10.2. The summed E-state index contributed by atoms with van der Waals surface area (Å²) in [6.45, 7) is 20.1. The summed E-state index contributed by atoms with van der Waals surface area (Å²) >= 11 is 0. The van der Waals surface area contributed by atoms with Crippen LogP contribution < -0.4 is 5.32 Å². The van der Waals surface area contributed by atoms with Crippen molar-refractivity contribution in [2.75, 3.05) is 0 Å². The Labute approximate surface area is 146 Å². The predicted octanol–water partition coefficient (Wildman–Crippen LogP) is 5.94. The summed E-state index contributed by atoms with van der Waals surface area (Å²) in [6.07, 6.45) is 7.59. The van der Waals surface area contributed by atoms with Gasteiger partial charge in [0, 0.05) is 16.8 Å². The number of hydrogen-bond donors (Lipinski definition) is 2. The largest absolute Gasteiger partial charge is 0.507 e. The number of nitrogens with one attached hydrogen (secondary N) is 1. The summed E-state index contributed by atoms with van der Waals surface area (Å²) in [5.41, 5.74) is 4.69. The van der Waals surface area contributed by atoms with E-state index in [0.717, 1.165) is 28.8 Å². The maximum absolute atomic E-state index is 10.2. The summed E-state index contributed by atoms with van der Waals surface area (Å²) in [4.78, 5) is 0. The molecule has 2 heteroatoms. The highest BCUT2D eigenvalue weighted by Gasteiger charge is 2.16. The Hall–Kier alpha value is -2.48. The van der Waals surface area contributed by atoms with E-state index in [1.807, 2.05) is 25.1 Å². The van der Waals surface area contributed by atoms with Crippen LogP contribution in [0.3, 0.4) is 0 Å². The van der Waals surface area contributed by atoms with Gasteiger partial charge in [0.25, 0.3) is 0 Å². The molecule has 1 aromatic rings. The van der Waals surface area contributed by atoms with E-state index in [4.69, 9.17) is 0 Å². The third-order valence-electron chi connectivity index (χ3n) is 4.11. The van der Waals surface area contributed by atoms with Crippen LogP contribution >= 0.6 is 0 Å². The zero-order chi connectivity index (χ0) is 18.3. The Kier molecular flexibility index (Phi) is 6.84. The van der Waals surface area contributed by atoms with Gasteiger partial charge >= 0.3 is 0 Å². The molecule has 0 saturated heterocycles. The summed E-state index contributed by atoms with van der Waals surface area (Å²) in [7, 11) is 0. The Morgan fingerprint density at radius 2 is 1.96 bits per heavy atom. The normalized spacial score (nSPS) is 12.7. The van der Waals surface area contributed by atoms with Crippen molar-refractivity contribution in [3.8, 4) is 0 Å². The van der Waals surface area contributed by atoms with Crippen LogP contribution in [0.5, 0.6) is 0 Å². The third-order valence-corrected chi connectivity index (χ3v) is 4.11. The molecule has 0 radical (unpaired) electrons. The van der Waals surface area contributed by atoms with Crippen LogP contribution in [0.4, 0.5) is 0 Å². The van der Waals surface area contributed by atoms with Crippen LogP contribution in [-0.4, -0.2) is 10.6 Å². The third kappa shape index (κ3) is 5.02. The van der Waals surface area contributed by atoms with Gasteiger partial charge in [-0.1, -0.05) is 63.1 Å². The average Bonchev–Trinajstić information content (AvgIpc) is 2.53. The van der Waals surface area contributed by atoms with Gasteiger partial charge in [-0.3, -0.25) is 0 Å². The van der Waals surface area contributed by atoms with Gasteiger partial charge in [-0.15, -0.1) is 0 Å². The monoisotopic (exact) mass is 323 g/mol. The van der Waals surface area contributed by atoms with Crippen molar-refractivity contribution in [1.82, 2.24) is 5.32 Å².